The van der Waals surface area contributed by atoms with Gasteiger partial charge in [0.15, 0.2) is 0 Å². The molecule has 4 nitrogen and oxygen atoms in total. The van der Waals surface area contributed by atoms with Gasteiger partial charge in [0.05, 0.1) is 5.71 Å². The molecule has 214 valence electrons. The van der Waals surface area contributed by atoms with Gasteiger partial charge in [0.25, 0.3) is 0 Å². The zero-order valence-electron chi connectivity index (χ0n) is 24.6. The Morgan fingerprint density at radius 1 is 0.867 bits per heavy atom. The molecule has 1 saturated carbocycles. The second-order valence-corrected chi connectivity index (χ2v) is 14.7. The Morgan fingerprint density at radius 3 is 2.71 bits per heavy atom. The summed E-state index contributed by atoms with van der Waals surface area (Å²) in [6.07, 6.45) is 18.5. The van der Waals surface area contributed by atoms with Crippen LogP contribution >= 0.6 is 0 Å². The lowest BCUT2D eigenvalue weighted by Gasteiger charge is -2.38. The highest BCUT2D eigenvalue weighted by Crippen LogP contribution is 2.71. The zero-order chi connectivity index (χ0) is 29.0. The zero-order valence-corrected chi connectivity index (χ0v) is 24.6. The quantitative estimate of drug-likeness (QED) is 0.171. The SMILES string of the molecule is O=C(O)CO/N=C1\CCC2=C3Cc4cc5c6c7c4c3c3c4c8c9c%10c(c47)C6C(C=C5)C=C%10CCC9C=Cc4ccc(c-3c4-8)C2C1. The van der Waals surface area contributed by atoms with Crippen molar-refractivity contribution in [3.05, 3.63) is 92.1 Å². The summed E-state index contributed by atoms with van der Waals surface area (Å²) in [5.41, 5.74) is 25.6. The summed E-state index contributed by atoms with van der Waals surface area (Å²) in [7, 11) is 0. The molecule has 1 fully saturated rings. The van der Waals surface area contributed by atoms with Gasteiger partial charge in [-0.3, -0.25) is 0 Å². The molecule has 0 radical (unpaired) electrons. The summed E-state index contributed by atoms with van der Waals surface area (Å²) in [6, 6.07) is 7.38. The van der Waals surface area contributed by atoms with Crippen molar-refractivity contribution in [2.45, 2.75) is 56.3 Å². The number of carboxylic acid groups (broad SMARTS) is 1. The predicted molar refractivity (Wildman–Crippen MR) is 177 cm³/mol. The number of fused-ring (bicyclic) bond motifs is 2. The molecule has 0 saturated heterocycles. The predicted octanol–water partition coefficient (Wildman–Crippen LogP) is 9.08. The fraction of sp³-hybridized carbons (Fsp3) is 0.268. The van der Waals surface area contributed by atoms with E-state index in [4.69, 9.17) is 9.94 Å². The summed E-state index contributed by atoms with van der Waals surface area (Å²) < 4.78 is 0. The lowest BCUT2D eigenvalue weighted by Crippen LogP contribution is -2.22. The molecule has 0 aliphatic heterocycles. The van der Waals surface area contributed by atoms with E-state index in [1.165, 1.54) is 51.8 Å². The van der Waals surface area contributed by atoms with Crippen molar-refractivity contribution in [3.63, 3.8) is 0 Å². The molecular weight excluding hydrogens is 554 g/mol. The molecule has 4 unspecified atom stereocenters. The van der Waals surface area contributed by atoms with Gasteiger partial charge in [0.1, 0.15) is 0 Å². The Bertz CT molecular complexity index is 2480. The molecule has 4 heteroatoms. The Hall–Kier alpha value is -4.70. The van der Waals surface area contributed by atoms with Gasteiger partial charge < -0.3 is 9.94 Å². The number of nitrogens with zero attached hydrogens (tertiary/aromatic N) is 1. The first-order valence-electron chi connectivity index (χ1n) is 16.7. The third-order valence-corrected chi connectivity index (χ3v) is 13.0. The number of carboxylic acids is 1. The van der Waals surface area contributed by atoms with Crippen molar-refractivity contribution in [3.8, 4) is 22.3 Å². The Labute approximate surface area is 259 Å². The summed E-state index contributed by atoms with van der Waals surface area (Å²) in [5, 5.41) is 19.9. The average molecular weight is 582 g/mol. The van der Waals surface area contributed by atoms with Crippen LogP contribution in [0.5, 0.6) is 0 Å². The summed E-state index contributed by atoms with van der Waals surface area (Å²) in [4.78, 5) is 16.5. The van der Waals surface area contributed by atoms with Crippen LogP contribution in [0.4, 0.5) is 0 Å². The van der Waals surface area contributed by atoms with E-state index in [9.17, 15) is 4.79 Å². The van der Waals surface area contributed by atoms with Crippen molar-refractivity contribution in [1.29, 1.82) is 0 Å². The minimum absolute atomic E-state index is 0.224. The standard InChI is InChI=1S/C41H27NO3/c43-27(44)15-45-42-22-8-10-23-25(14-22)24-9-7-17-2-1-16-3-4-18-11-19-5-6-20-12-21-13-26(23)35-33(21)38-32(20)31(19)37-30(18)28(16)36-29(17)34(24)39(35)41(36)40(37)38/h1-2,5-7,9,11-12,16,19,25,31H,3-4,8,10,13-15H2,(H,43,44)/b42-22+. The molecule has 1 N–H and O–H groups in total. The topological polar surface area (TPSA) is 58.9 Å². The van der Waals surface area contributed by atoms with E-state index in [0.29, 0.717) is 17.8 Å². The average Bonchev–Trinajstić information content (AvgIpc) is 3.64. The first kappa shape index (κ1) is 22.8. The van der Waals surface area contributed by atoms with E-state index in [2.05, 4.69) is 53.7 Å². The van der Waals surface area contributed by atoms with Crippen LogP contribution in [0.2, 0.25) is 0 Å². The maximum absolute atomic E-state index is 11.2. The van der Waals surface area contributed by atoms with Crippen LogP contribution in [-0.2, 0) is 16.1 Å². The van der Waals surface area contributed by atoms with Crippen LogP contribution < -0.4 is 0 Å². The maximum atomic E-state index is 11.2. The summed E-state index contributed by atoms with van der Waals surface area (Å²) in [6.45, 7) is -0.392. The van der Waals surface area contributed by atoms with Crippen molar-refractivity contribution < 1.29 is 14.7 Å². The molecule has 4 aromatic rings. The van der Waals surface area contributed by atoms with Crippen LogP contribution in [0.3, 0.4) is 0 Å². The summed E-state index contributed by atoms with van der Waals surface area (Å²) in [5.74, 6) is 0.592. The molecule has 4 aromatic carbocycles. The number of oxime groups is 1. The van der Waals surface area contributed by atoms with Gasteiger partial charge in [0, 0.05) is 23.7 Å². The largest absolute Gasteiger partial charge is 0.479 e. The molecule has 0 spiro atoms. The number of hydrogen-bond acceptors (Lipinski definition) is 3. The van der Waals surface area contributed by atoms with Crippen LogP contribution in [0.15, 0.2) is 47.2 Å². The van der Waals surface area contributed by atoms with Crippen molar-refractivity contribution >= 4 is 56.5 Å². The van der Waals surface area contributed by atoms with E-state index >= 15 is 0 Å². The summed E-state index contributed by atoms with van der Waals surface area (Å²) >= 11 is 0. The van der Waals surface area contributed by atoms with Gasteiger partial charge in [-0.2, -0.15) is 0 Å². The van der Waals surface area contributed by atoms with Gasteiger partial charge in [-0.15, -0.1) is 0 Å². The van der Waals surface area contributed by atoms with E-state index in [-0.39, 0.29) is 5.92 Å². The minimum Gasteiger partial charge on any atom is -0.479 e. The van der Waals surface area contributed by atoms with Gasteiger partial charge in [-0.1, -0.05) is 59.3 Å². The second kappa shape index (κ2) is 7.07. The molecule has 13 rings (SSSR count). The number of rotatable bonds is 3. The van der Waals surface area contributed by atoms with Crippen molar-refractivity contribution in [2.24, 2.45) is 11.1 Å². The van der Waals surface area contributed by atoms with Crippen LogP contribution in [0, 0.1) is 5.92 Å². The molecule has 0 amide bonds. The molecule has 0 aromatic heterocycles. The third-order valence-electron chi connectivity index (χ3n) is 13.0. The molecule has 9 aliphatic carbocycles. The monoisotopic (exact) mass is 581 g/mol. The molecular formula is C41H27NO3. The highest BCUT2D eigenvalue weighted by molar-refractivity contribution is 6.35. The smallest absolute Gasteiger partial charge is 0.344 e. The molecule has 4 atom stereocenters. The maximum Gasteiger partial charge on any atom is 0.344 e. The van der Waals surface area contributed by atoms with Crippen LogP contribution in [0.25, 0.3) is 67.1 Å². The van der Waals surface area contributed by atoms with Gasteiger partial charge in [0.2, 0.25) is 6.61 Å². The number of aliphatic carboxylic acids is 1. The van der Waals surface area contributed by atoms with E-state index in [1.54, 1.807) is 71.6 Å². The molecule has 0 heterocycles. The second-order valence-electron chi connectivity index (χ2n) is 14.7. The van der Waals surface area contributed by atoms with Gasteiger partial charge in [-0.05, 0) is 144 Å². The van der Waals surface area contributed by atoms with E-state index in [1.807, 2.05) is 0 Å². The molecule has 9 aliphatic rings. The minimum atomic E-state index is -0.986. The number of allylic oxidation sites excluding steroid dienone is 6. The van der Waals surface area contributed by atoms with Crippen LogP contribution in [0.1, 0.15) is 99.9 Å². The fourth-order valence-corrected chi connectivity index (χ4v) is 11.7. The number of benzene rings is 4. The lowest BCUT2D eigenvalue weighted by molar-refractivity contribution is -0.142. The van der Waals surface area contributed by atoms with Gasteiger partial charge >= 0.3 is 5.97 Å². The van der Waals surface area contributed by atoms with Crippen LogP contribution in [-0.4, -0.2) is 23.4 Å². The van der Waals surface area contributed by atoms with Crippen molar-refractivity contribution in [2.75, 3.05) is 6.61 Å². The molecule has 45 heavy (non-hydrogen) atoms. The Balaban J connectivity index is 1.23. The lowest BCUT2D eigenvalue weighted by atomic mass is 9.65. The van der Waals surface area contributed by atoms with Crippen molar-refractivity contribution in [1.82, 2.24) is 0 Å². The Kier molecular flexibility index (Phi) is 3.58. The Morgan fingerprint density at radius 2 is 1.78 bits per heavy atom. The molecule has 0 bridgehead atoms. The fourth-order valence-electron chi connectivity index (χ4n) is 11.7. The van der Waals surface area contributed by atoms with E-state index in [0.717, 1.165) is 31.4 Å². The first-order chi connectivity index (χ1) is 22.2. The number of hydrogen-bond donors (Lipinski definition) is 1. The van der Waals surface area contributed by atoms with Gasteiger partial charge in [-0.25, -0.2) is 4.79 Å². The number of carbonyl (C=O) groups is 1. The normalized spacial score (nSPS) is 27.2. The highest BCUT2D eigenvalue weighted by Gasteiger charge is 2.50. The van der Waals surface area contributed by atoms with E-state index < -0.39 is 12.6 Å². The third kappa shape index (κ3) is 2.30. The highest BCUT2D eigenvalue weighted by atomic mass is 16.6. The first-order valence-corrected chi connectivity index (χ1v) is 16.7.